The molecule has 6 nitrogen and oxygen atoms in total. The van der Waals surface area contributed by atoms with E-state index in [0.29, 0.717) is 18.0 Å². The molecule has 1 amide bonds. The predicted molar refractivity (Wildman–Crippen MR) is 114 cm³/mol. The van der Waals surface area contributed by atoms with E-state index >= 15 is 0 Å². The quantitative estimate of drug-likeness (QED) is 0.646. The standard InChI is InChI=1S/C19H22Cl2N2O4S/c1-4-18(19(24)22-15-6-8-17(9-7-15)27-5-2)23(28(3,25)26)16-11-13(20)10-14(21)12-16/h6-12,18H,4-5H2,1-3H3,(H,22,24)/t18-/m0/s1. The van der Waals surface area contributed by atoms with E-state index in [1.807, 2.05) is 6.92 Å². The summed E-state index contributed by atoms with van der Waals surface area (Å²) in [7, 11) is -3.78. The number of halogens is 2. The third-order valence-electron chi connectivity index (χ3n) is 3.86. The van der Waals surface area contributed by atoms with Crippen LogP contribution in [0.25, 0.3) is 0 Å². The number of sulfonamides is 1. The summed E-state index contributed by atoms with van der Waals surface area (Å²) in [6.07, 6.45) is 1.29. The van der Waals surface area contributed by atoms with Crippen molar-refractivity contribution in [2.45, 2.75) is 26.3 Å². The number of carbonyl (C=O) groups is 1. The first kappa shape index (κ1) is 22.3. The molecule has 0 saturated heterocycles. The maximum atomic E-state index is 12.9. The van der Waals surface area contributed by atoms with E-state index in [2.05, 4.69) is 5.32 Å². The van der Waals surface area contributed by atoms with Gasteiger partial charge in [-0.3, -0.25) is 9.10 Å². The van der Waals surface area contributed by atoms with Gasteiger partial charge in [-0.1, -0.05) is 30.1 Å². The highest BCUT2D eigenvalue weighted by atomic mass is 35.5. The zero-order valence-corrected chi connectivity index (χ0v) is 18.1. The highest BCUT2D eigenvalue weighted by Gasteiger charge is 2.32. The minimum absolute atomic E-state index is 0.230. The van der Waals surface area contributed by atoms with Gasteiger partial charge in [-0.05, 0) is 55.8 Å². The van der Waals surface area contributed by atoms with Crippen LogP contribution in [0, 0.1) is 0 Å². The van der Waals surface area contributed by atoms with Crippen LogP contribution >= 0.6 is 23.2 Å². The van der Waals surface area contributed by atoms with Gasteiger partial charge in [0.15, 0.2) is 0 Å². The molecule has 0 fully saturated rings. The lowest BCUT2D eigenvalue weighted by Gasteiger charge is -2.30. The van der Waals surface area contributed by atoms with Gasteiger partial charge >= 0.3 is 0 Å². The summed E-state index contributed by atoms with van der Waals surface area (Å²) in [5.74, 6) is 0.215. The summed E-state index contributed by atoms with van der Waals surface area (Å²) in [6.45, 7) is 4.14. The van der Waals surface area contributed by atoms with Crippen molar-refractivity contribution in [2.24, 2.45) is 0 Å². The van der Waals surface area contributed by atoms with Gasteiger partial charge in [-0.15, -0.1) is 0 Å². The molecule has 0 aliphatic heterocycles. The Labute approximate surface area is 175 Å². The number of nitrogens with one attached hydrogen (secondary N) is 1. The number of carbonyl (C=O) groups excluding carboxylic acids is 1. The molecule has 9 heteroatoms. The number of ether oxygens (including phenoxy) is 1. The number of anilines is 2. The van der Waals surface area contributed by atoms with Crippen LogP contribution in [0.1, 0.15) is 20.3 Å². The summed E-state index contributed by atoms with van der Waals surface area (Å²) in [4.78, 5) is 12.9. The normalized spacial score (nSPS) is 12.3. The summed E-state index contributed by atoms with van der Waals surface area (Å²) in [5.41, 5.74) is 0.762. The molecule has 28 heavy (non-hydrogen) atoms. The van der Waals surface area contributed by atoms with Gasteiger partial charge in [0.1, 0.15) is 11.8 Å². The fourth-order valence-corrected chi connectivity index (χ4v) is 4.46. The average Bonchev–Trinajstić information content (AvgIpc) is 2.59. The number of amides is 1. The molecule has 0 radical (unpaired) electrons. The van der Waals surface area contributed by atoms with Crippen molar-refractivity contribution in [3.05, 3.63) is 52.5 Å². The first-order chi connectivity index (χ1) is 13.2. The molecule has 0 unspecified atom stereocenters. The first-order valence-corrected chi connectivity index (χ1v) is 11.2. The Balaban J connectivity index is 2.33. The van der Waals surface area contributed by atoms with Crippen LogP contribution in [0.5, 0.6) is 5.75 Å². The number of nitrogens with zero attached hydrogens (tertiary/aromatic N) is 1. The molecule has 0 aliphatic carbocycles. The SMILES string of the molecule is CCOc1ccc(NC(=O)[C@H](CC)N(c2cc(Cl)cc(Cl)c2)S(C)(=O)=O)cc1. The summed E-state index contributed by atoms with van der Waals surface area (Å²) >= 11 is 12.0. The second-order valence-electron chi connectivity index (χ2n) is 6.06. The molecule has 2 aromatic carbocycles. The van der Waals surface area contributed by atoms with E-state index in [4.69, 9.17) is 27.9 Å². The molecule has 0 heterocycles. The van der Waals surface area contributed by atoms with Crippen LogP contribution < -0.4 is 14.4 Å². The third kappa shape index (κ3) is 5.77. The fraction of sp³-hybridized carbons (Fsp3) is 0.316. The molecule has 2 aromatic rings. The Morgan fingerprint density at radius 3 is 2.14 bits per heavy atom. The largest absolute Gasteiger partial charge is 0.494 e. The molecule has 2 rings (SSSR count). The topological polar surface area (TPSA) is 75.7 Å². The van der Waals surface area contributed by atoms with E-state index < -0.39 is 22.0 Å². The van der Waals surface area contributed by atoms with Crippen LogP contribution in [0.4, 0.5) is 11.4 Å². The van der Waals surface area contributed by atoms with Crippen molar-refractivity contribution >= 4 is 50.5 Å². The van der Waals surface area contributed by atoms with Gasteiger partial charge < -0.3 is 10.1 Å². The number of rotatable bonds is 8. The maximum Gasteiger partial charge on any atom is 0.248 e. The number of benzene rings is 2. The molecule has 0 aromatic heterocycles. The second-order valence-corrected chi connectivity index (χ2v) is 8.79. The lowest BCUT2D eigenvalue weighted by atomic mass is 10.1. The van der Waals surface area contributed by atoms with E-state index in [1.165, 1.54) is 18.2 Å². The van der Waals surface area contributed by atoms with E-state index in [9.17, 15) is 13.2 Å². The van der Waals surface area contributed by atoms with E-state index in [0.717, 1.165) is 10.6 Å². The summed E-state index contributed by atoms with van der Waals surface area (Å²) in [5, 5.41) is 3.30. The van der Waals surface area contributed by atoms with Crippen molar-refractivity contribution in [3.63, 3.8) is 0 Å². The molecule has 152 valence electrons. The Morgan fingerprint density at radius 2 is 1.68 bits per heavy atom. The van der Waals surface area contributed by atoms with Crippen LogP contribution in [-0.2, 0) is 14.8 Å². The van der Waals surface area contributed by atoms with Gasteiger partial charge in [-0.2, -0.15) is 0 Å². The molecular formula is C19H22Cl2N2O4S. The van der Waals surface area contributed by atoms with Crippen LogP contribution in [-0.4, -0.2) is 33.2 Å². The molecular weight excluding hydrogens is 423 g/mol. The first-order valence-electron chi connectivity index (χ1n) is 8.65. The maximum absolute atomic E-state index is 12.9. The van der Waals surface area contributed by atoms with Gasteiger partial charge in [0, 0.05) is 15.7 Å². The molecule has 1 N–H and O–H groups in total. The minimum Gasteiger partial charge on any atom is -0.494 e. The highest BCUT2D eigenvalue weighted by Crippen LogP contribution is 2.30. The fourth-order valence-electron chi connectivity index (χ4n) is 2.75. The third-order valence-corrected chi connectivity index (χ3v) is 5.48. The number of hydrogen-bond donors (Lipinski definition) is 1. The summed E-state index contributed by atoms with van der Waals surface area (Å²) in [6, 6.07) is 10.3. The number of hydrogen-bond acceptors (Lipinski definition) is 4. The Morgan fingerprint density at radius 1 is 1.11 bits per heavy atom. The molecule has 0 bridgehead atoms. The van der Waals surface area contributed by atoms with Gasteiger partial charge in [0.25, 0.3) is 0 Å². The van der Waals surface area contributed by atoms with Gasteiger partial charge in [0.2, 0.25) is 15.9 Å². The monoisotopic (exact) mass is 444 g/mol. The lowest BCUT2D eigenvalue weighted by Crippen LogP contribution is -2.47. The Hall–Kier alpha value is -1.96. The van der Waals surface area contributed by atoms with Crippen molar-refractivity contribution in [1.29, 1.82) is 0 Å². The van der Waals surface area contributed by atoms with Crippen molar-refractivity contribution in [3.8, 4) is 5.75 Å². The zero-order chi connectivity index (χ0) is 20.9. The molecule has 0 aliphatic rings. The predicted octanol–water partition coefficient (Wildman–Crippen LogP) is 4.58. The van der Waals surface area contributed by atoms with E-state index in [-0.39, 0.29) is 22.2 Å². The zero-order valence-electron chi connectivity index (χ0n) is 15.8. The Kier molecular flexibility index (Phi) is 7.57. The van der Waals surface area contributed by atoms with Crippen LogP contribution in [0.3, 0.4) is 0 Å². The van der Waals surface area contributed by atoms with Crippen molar-refractivity contribution < 1.29 is 17.9 Å². The molecule has 0 spiro atoms. The van der Waals surface area contributed by atoms with E-state index in [1.54, 1.807) is 31.2 Å². The van der Waals surface area contributed by atoms with Gasteiger partial charge in [0.05, 0.1) is 18.6 Å². The highest BCUT2D eigenvalue weighted by molar-refractivity contribution is 7.92. The average molecular weight is 445 g/mol. The van der Waals surface area contributed by atoms with Crippen molar-refractivity contribution in [2.75, 3.05) is 22.5 Å². The van der Waals surface area contributed by atoms with Crippen LogP contribution in [0.2, 0.25) is 10.0 Å². The minimum atomic E-state index is -3.78. The second kappa shape index (κ2) is 9.49. The Bertz CT molecular complexity index is 913. The van der Waals surface area contributed by atoms with Crippen LogP contribution in [0.15, 0.2) is 42.5 Å². The van der Waals surface area contributed by atoms with Crippen molar-refractivity contribution in [1.82, 2.24) is 0 Å². The van der Waals surface area contributed by atoms with Gasteiger partial charge in [-0.25, -0.2) is 8.42 Å². The molecule has 0 saturated carbocycles. The summed E-state index contributed by atoms with van der Waals surface area (Å²) < 4.78 is 31.4. The molecule has 1 atom stereocenters. The lowest BCUT2D eigenvalue weighted by molar-refractivity contribution is -0.117. The smallest absolute Gasteiger partial charge is 0.248 e.